The van der Waals surface area contributed by atoms with E-state index in [9.17, 15) is 9.59 Å². The van der Waals surface area contributed by atoms with Gasteiger partial charge in [0.2, 0.25) is 5.91 Å². The molecule has 0 radical (unpaired) electrons. The summed E-state index contributed by atoms with van der Waals surface area (Å²) in [6.45, 7) is 4.85. The summed E-state index contributed by atoms with van der Waals surface area (Å²) in [4.78, 5) is 28.7. The average molecular weight is 378 g/mol. The number of hydrogen-bond donors (Lipinski definition) is 3. The topological polar surface area (TPSA) is 93.9 Å². The Morgan fingerprint density at radius 2 is 2.12 bits per heavy atom. The third kappa shape index (κ3) is 3.41. The summed E-state index contributed by atoms with van der Waals surface area (Å²) in [5, 5.41) is 9.70. The van der Waals surface area contributed by atoms with Crippen molar-refractivity contribution in [3.63, 3.8) is 0 Å². The van der Waals surface area contributed by atoms with Crippen LogP contribution in [0, 0.1) is 18.8 Å². The Kier molecular flexibility index (Phi) is 5.48. The molecule has 2 aliphatic rings. The molecule has 3 N–H and O–H groups in total. The number of benzene rings is 1. The number of likely N-dealkylation sites (tertiary alicyclic amines) is 1. The summed E-state index contributed by atoms with van der Waals surface area (Å²) in [5.74, 6) is 1.65. The van der Waals surface area contributed by atoms with Gasteiger partial charge in [-0.1, -0.05) is 24.3 Å². The first kappa shape index (κ1) is 18.7. The summed E-state index contributed by atoms with van der Waals surface area (Å²) in [6.07, 6.45) is 0.804. The highest BCUT2D eigenvalue weighted by atomic mass is 35.5. The second kappa shape index (κ2) is 7.63. The molecule has 0 bridgehead atoms. The van der Waals surface area contributed by atoms with Gasteiger partial charge in [-0.2, -0.15) is 5.10 Å². The molecule has 4 rings (SSSR count). The maximum Gasteiger partial charge on any atom is 0.340 e. The summed E-state index contributed by atoms with van der Waals surface area (Å²) in [5.41, 5.74) is 2.15. The number of nitrogens with one attached hydrogen (secondary N) is 3. The monoisotopic (exact) mass is 377 g/mol. The van der Waals surface area contributed by atoms with Crippen LogP contribution in [0.2, 0.25) is 0 Å². The Morgan fingerprint density at radius 1 is 1.31 bits per heavy atom. The minimum atomic E-state index is -0.331. The maximum atomic E-state index is 12.9. The van der Waals surface area contributed by atoms with Crippen LogP contribution < -0.4 is 11.0 Å². The van der Waals surface area contributed by atoms with Crippen LogP contribution >= 0.6 is 12.4 Å². The Morgan fingerprint density at radius 3 is 2.85 bits per heavy atom. The summed E-state index contributed by atoms with van der Waals surface area (Å²) in [6, 6.07) is 8.48. The number of aromatic nitrogens is 3. The van der Waals surface area contributed by atoms with Gasteiger partial charge in [-0.3, -0.25) is 9.78 Å². The predicted octanol–water partition coefficient (Wildman–Crippen LogP) is 1.18. The molecule has 1 amide bonds. The second-order valence-electron chi connectivity index (χ2n) is 7.05. The standard InChI is InChI=1S/C18H23N5O2.ClH/c1-11-4-2-3-5-13(11)17-14-9-19-8-12(14)10-23(17)16(24)7-6-15-20-18(25)22-21-15;/h2-5,12,14,17,19H,6-10H2,1H3,(H2,20,21,22,25);1H/t12-,14-,17+;/m0./s1. The van der Waals surface area contributed by atoms with Gasteiger partial charge in [0, 0.05) is 38.4 Å². The molecule has 26 heavy (non-hydrogen) atoms. The SMILES string of the molecule is Cc1ccccc1[C@@H]1[C@H]2CNC[C@H]2CN1C(=O)CCc1n[nH]c(=O)[nH]1.Cl. The van der Waals surface area contributed by atoms with Crippen molar-refractivity contribution in [1.29, 1.82) is 0 Å². The van der Waals surface area contributed by atoms with Crippen LogP contribution in [-0.4, -0.2) is 45.6 Å². The molecule has 2 saturated heterocycles. The molecule has 7 nitrogen and oxygen atoms in total. The Hall–Kier alpha value is -2.12. The minimum absolute atomic E-state index is 0. The molecule has 2 fully saturated rings. The number of carbonyl (C=O) groups excluding carboxylic acids is 1. The zero-order valence-electron chi connectivity index (χ0n) is 14.7. The van der Waals surface area contributed by atoms with Gasteiger partial charge in [0.05, 0.1) is 6.04 Å². The number of hydrogen-bond acceptors (Lipinski definition) is 4. The number of aryl methyl sites for hydroxylation is 2. The van der Waals surface area contributed by atoms with Gasteiger partial charge in [0.1, 0.15) is 5.82 Å². The molecular formula is C18H24ClN5O2. The molecule has 1 aromatic heterocycles. The average Bonchev–Trinajstić information content (AvgIpc) is 3.29. The summed E-state index contributed by atoms with van der Waals surface area (Å²) in [7, 11) is 0. The fourth-order valence-electron chi connectivity index (χ4n) is 4.29. The molecule has 140 valence electrons. The second-order valence-corrected chi connectivity index (χ2v) is 7.05. The number of rotatable bonds is 4. The van der Waals surface area contributed by atoms with E-state index in [1.807, 2.05) is 11.0 Å². The molecule has 8 heteroatoms. The highest BCUT2D eigenvalue weighted by Crippen LogP contribution is 2.43. The van der Waals surface area contributed by atoms with Crippen LogP contribution in [-0.2, 0) is 11.2 Å². The van der Waals surface area contributed by atoms with Gasteiger partial charge in [-0.05, 0) is 24.0 Å². The third-order valence-corrected chi connectivity index (χ3v) is 5.52. The molecule has 2 aliphatic heterocycles. The number of H-pyrrole nitrogens is 2. The highest BCUT2D eigenvalue weighted by Gasteiger charge is 2.46. The quantitative estimate of drug-likeness (QED) is 0.745. The fourth-order valence-corrected chi connectivity index (χ4v) is 4.29. The van der Waals surface area contributed by atoms with Crippen molar-refractivity contribution in [1.82, 2.24) is 25.4 Å². The smallest absolute Gasteiger partial charge is 0.335 e. The predicted molar refractivity (Wildman–Crippen MR) is 100 cm³/mol. The number of fused-ring (bicyclic) bond motifs is 1. The highest BCUT2D eigenvalue weighted by molar-refractivity contribution is 5.85. The number of aromatic amines is 2. The van der Waals surface area contributed by atoms with Gasteiger partial charge in [0.15, 0.2) is 0 Å². The van der Waals surface area contributed by atoms with Crippen molar-refractivity contribution in [3.8, 4) is 0 Å². The molecule has 2 aromatic rings. The van der Waals surface area contributed by atoms with E-state index in [-0.39, 0.29) is 30.0 Å². The molecule has 0 aliphatic carbocycles. The van der Waals surface area contributed by atoms with Gasteiger partial charge in [-0.25, -0.2) is 9.89 Å². The van der Waals surface area contributed by atoms with E-state index >= 15 is 0 Å². The van der Waals surface area contributed by atoms with Crippen molar-refractivity contribution < 1.29 is 4.79 Å². The van der Waals surface area contributed by atoms with E-state index in [1.165, 1.54) is 11.1 Å². The third-order valence-electron chi connectivity index (χ3n) is 5.52. The summed E-state index contributed by atoms with van der Waals surface area (Å²) >= 11 is 0. The summed E-state index contributed by atoms with van der Waals surface area (Å²) < 4.78 is 0. The van der Waals surface area contributed by atoms with Crippen LogP contribution in [0.25, 0.3) is 0 Å². The lowest BCUT2D eigenvalue weighted by Crippen LogP contribution is -2.35. The fraction of sp³-hybridized carbons (Fsp3) is 0.500. The Balaban J connectivity index is 0.00000196. The van der Waals surface area contributed by atoms with E-state index in [0.29, 0.717) is 30.5 Å². The zero-order valence-corrected chi connectivity index (χ0v) is 15.5. The lowest BCUT2D eigenvalue weighted by molar-refractivity contribution is -0.132. The van der Waals surface area contributed by atoms with Crippen LogP contribution in [0.4, 0.5) is 0 Å². The van der Waals surface area contributed by atoms with Crippen LogP contribution in [0.5, 0.6) is 0 Å². The van der Waals surface area contributed by atoms with E-state index in [1.54, 1.807) is 0 Å². The van der Waals surface area contributed by atoms with Crippen molar-refractivity contribution >= 4 is 18.3 Å². The van der Waals surface area contributed by atoms with Gasteiger partial charge >= 0.3 is 5.69 Å². The number of amides is 1. The molecule has 0 saturated carbocycles. The minimum Gasteiger partial charge on any atom is -0.335 e. The Labute approximate surface area is 158 Å². The normalized spacial score (nSPS) is 24.3. The van der Waals surface area contributed by atoms with E-state index in [0.717, 1.165) is 19.6 Å². The molecule has 0 unspecified atom stereocenters. The van der Waals surface area contributed by atoms with Crippen LogP contribution in [0.15, 0.2) is 29.1 Å². The van der Waals surface area contributed by atoms with Crippen molar-refractivity contribution in [2.45, 2.75) is 25.8 Å². The van der Waals surface area contributed by atoms with Gasteiger partial charge in [-0.15, -0.1) is 12.4 Å². The van der Waals surface area contributed by atoms with Crippen LogP contribution in [0.1, 0.15) is 29.4 Å². The van der Waals surface area contributed by atoms with Crippen LogP contribution in [0.3, 0.4) is 0 Å². The van der Waals surface area contributed by atoms with E-state index in [2.05, 4.69) is 45.6 Å². The Bertz CT molecular complexity index is 833. The first-order valence-corrected chi connectivity index (χ1v) is 8.83. The number of carbonyl (C=O) groups is 1. The lowest BCUT2D eigenvalue weighted by Gasteiger charge is -2.29. The molecule has 3 heterocycles. The van der Waals surface area contributed by atoms with Gasteiger partial charge in [0.25, 0.3) is 0 Å². The zero-order chi connectivity index (χ0) is 17.4. The van der Waals surface area contributed by atoms with Crippen molar-refractivity contribution in [2.24, 2.45) is 11.8 Å². The van der Waals surface area contributed by atoms with E-state index < -0.39 is 0 Å². The molecule has 0 spiro atoms. The largest absolute Gasteiger partial charge is 0.340 e. The number of halogens is 1. The van der Waals surface area contributed by atoms with E-state index in [4.69, 9.17) is 0 Å². The molecular weight excluding hydrogens is 354 g/mol. The van der Waals surface area contributed by atoms with Crippen molar-refractivity contribution in [3.05, 3.63) is 51.7 Å². The van der Waals surface area contributed by atoms with Crippen molar-refractivity contribution in [2.75, 3.05) is 19.6 Å². The maximum absolute atomic E-state index is 12.9. The first-order chi connectivity index (χ1) is 12.1. The first-order valence-electron chi connectivity index (χ1n) is 8.83. The molecule has 3 atom stereocenters. The lowest BCUT2D eigenvalue weighted by atomic mass is 9.87. The van der Waals surface area contributed by atoms with Gasteiger partial charge < -0.3 is 10.2 Å². The molecule has 1 aromatic carbocycles. The number of nitrogens with zero attached hydrogens (tertiary/aromatic N) is 2.